The fourth-order valence-electron chi connectivity index (χ4n) is 2.18. The van der Waals surface area contributed by atoms with Gasteiger partial charge in [-0.1, -0.05) is 48.8 Å². The highest BCUT2D eigenvalue weighted by Crippen LogP contribution is 2.15. The van der Waals surface area contributed by atoms with E-state index >= 15 is 0 Å². The van der Waals surface area contributed by atoms with E-state index in [4.69, 9.17) is 16.1 Å². The lowest BCUT2D eigenvalue weighted by atomic mass is 10.2. The summed E-state index contributed by atoms with van der Waals surface area (Å²) in [6.45, 7) is 8.25. The Morgan fingerprint density at radius 1 is 1.28 bits per heavy atom. The molecule has 1 aromatic carbocycles. The quantitative estimate of drug-likeness (QED) is 0.426. The largest absolute Gasteiger partial charge is 0.357 e. The van der Waals surface area contributed by atoms with Crippen LogP contribution in [0.2, 0.25) is 5.02 Å². The van der Waals surface area contributed by atoms with Gasteiger partial charge >= 0.3 is 0 Å². The second kappa shape index (κ2) is 10.0. The predicted molar refractivity (Wildman–Crippen MR) is 101 cm³/mol. The average molecular weight is 364 g/mol. The van der Waals surface area contributed by atoms with E-state index in [0.717, 1.165) is 48.3 Å². The van der Waals surface area contributed by atoms with Crippen LogP contribution in [0.1, 0.15) is 50.4 Å². The molecule has 0 unspecified atom stereocenters. The molecule has 0 atom stereocenters. The minimum Gasteiger partial charge on any atom is -0.357 e. The van der Waals surface area contributed by atoms with Crippen LogP contribution in [0.5, 0.6) is 0 Å². The number of halogens is 1. The molecule has 2 aromatic rings. The molecule has 0 aliphatic rings. The summed E-state index contributed by atoms with van der Waals surface area (Å²) in [4.78, 5) is 8.96. The SMILES string of the molecule is CCNC(=NCc1ccccc1Cl)NCCCc1nc(C(C)C)no1. The van der Waals surface area contributed by atoms with Crippen molar-refractivity contribution in [3.05, 3.63) is 46.6 Å². The van der Waals surface area contributed by atoms with E-state index in [-0.39, 0.29) is 5.92 Å². The number of rotatable bonds is 8. The summed E-state index contributed by atoms with van der Waals surface area (Å²) >= 11 is 6.17. The van der Waals surface area contributed by atoms with Crippen LogP contribution in [0.25, 0.3) is 0 Å². The van der Waals surface area contributed by atoms with Crippen LogP contribution in [0, 0.1) is 0 Å². The minimum atomic E-state index is 0.285. The van der Waals surface area contributed by atoms with E-state index in [9.17, 15) is 0 Å². The van der Waals surface area contributed by atoms with Crippen molar-refractivity contribution in [1.82, 2.24) is 20.8 Å². The number of nitrogens with zero attached hydrogens (tertiary/aromatic N) is 3. The number of benzene rings is 1. The summed E-state index contributed by atoms with van der Waals surface area (Å²) in [6.07, 6.45) is 1.63. The predicted octanol–water partition coefficient (Wildman–Crippen LogP) is 3.53. The minimum absolute atomic E-state index is 0.285. The number of hydrogen-bond acceptors (Lipinski definition) is 4. The lowest BCUT2D eigenvalue weighted by Gasteiger charge is -2.11. The molecule has 6 nitrogen and oxygen atoms in total. The normalized spacial score (nSPS) is 11.8. The van der Waals surface area contributed by atoms with Gasteiger partial charge in [0.25, 0.3) is 0 Å². The molecule has 7 heteroatoms. The molecule has 136 valence electrons. The molecule has 25 heavy (non-hydrogen) atoms. The van der Waals surface area contributed by atoms with Crippen LogP contribution in [0.3, 0.4) is 0 Å². The highest BCUT2D eigenvalue weighted by Gasteiger charge is 2.09. The third-order valence-corrected chi connectivity index (χ3v) is 3.94. The van der Waals surface area contributed by atoms with Crippen LogP contribution < -0.4 is 10.6 Å². The smallest absolute Gasteiger partial charge is 0.226 e. The lowest BCUT2D eigenvalue weighted by molar-refractivity contribution is 0.368. The number of nitrogens with one attached hydrogen (secondary N) is 2. The molecule has 0 saturated carbocycles. The van der Waals surface area contributed by atoms with Crippen LogP contribution in [-0.4, -0.2) is 29.2 Å². The van der Waals surface area contributed by atoms with Crippen molar-refractivity contribution in [2.75, 3.05) is 13.1 Å². The fourth-order valence-corrected chi connectivity index (χ4v) is 2.38. The molecule has 0 fully saturated rings. The number of aliphatic imine (C=N–C) groups is 1. The van der Waals surface area contributed by atoms with E-state index in [1.54, 1.807) is 0 Å². The van der Waals surface area contributed by atoms with Gasteiger partial charge in [-0.3, -0.25) is 0 Å². The van der Waals surface area contributed by atoms with Gasteiger partial charge in [-0.25, -0.2) is 4.99 Å². The van der Waals surface area contributed by atoms with E-state index in [1.807, 2.05) is 45.0 Å². The molecule has 1 heterocycles. The molecule has 0 radical (unpaired) electrons. The van der Waals surface area contributed by atoms with Gasteiger partial charge in [0, 0.05) is 30.5 Å². The van der Waals surface area contributed by atoms with Gasteiger partial charge in [0.05, 0.1) is 6.54 Å². The zero-order chi connectivity index (χ0) is 18.1. The van der Waals surface area contributed by atoms with Crippen LogP contribution in [0.4, 0.5) is 0 Å². The second-order valence-corrected chi connectivity index (χ2v) is 6.43. The molecule has 2 rings (SSSR count). The summed E-state index contributed by atoms with van der Waals surface area (Å²) in [5.74, 6) is 2.50. The second-order valence-electron chi connectivity index (χ2n) is 6.02. The zero-order valence-electron chi connectivity index (χ0n) is 15.1. The Morgan fingerprint density at radius 3 is 2.76 bits per heavy atom. The molecule has 0 spiro atoms. The van der Waals surface area contributed by atoms with Crippen molar-refractivity contribution in [1.29, 1.82) is 0 Å². The fraction of sp³-hybridized carbons (Fsp3) is 0.500. The summed E-state index contributed by atoms with van der Waals surface area (Å²) in [5.41, 5.74) is 1.01. The summed E-state index contributed by atoms with van der Waals surface area (Å²) < 4.78 is 5.25. The first-order chi connectivity index (χ1) is 12.1. The Labute approximate surface area is 154 Å². The monoisotopic (exact) mass is 363 g/mol. The molecule has 0 aliphatic heterocycles. The Kier molecular flexibility index (Phi) is 7.73. The van der Waals surface area contributed by atoms with Gasteiger partial charge in [0.1, 0.15) is 0 Å². The molecular formula is C18H26ClN5O. The van der Waals surface area contributed by atoms with Gasteiger partial charge in [0.2, 0.25) is 5.89 Å². The third kappa shape index (κ3) is 6.38. The van der Waals surface area contributed by atoms with Gasteiger partial charge < -0.3 is 15.2 Å². The van der Waals surface area contributed by atoms with Crippen LogP contribution in [0.15, 0.2) is 33.8 Å². The van der Waals surface area contributed by atoms with Crippen molar-refractivity contribution in [2.45, 2.75) is 46.1 Å². The Hall–Kier alpha value is -2.08. The Bertz CT molecular complexity index is 684. The van der Waals surface area contributed by atoms with E-state index in [1.165, 1.54) is 0 Å². The first-order valence-corrected chi connectivity index (χ1v) is 9.06. The zero-order valence-corrected chi connectivity index (χ0v) is 15.8. The van der Waals surface area contributed by atoms with Crippen molar-refractivity contribution in [3.8, 4) is 0 Å². The summed E-state index contributed by atoms with van der Waals surface area (Å²) in [7, 11) is 0. The maximum atomic E-state index is 6.17. The number of guanidine groups is 1. The van der Waals surface area contributed by atoms with Gasteiger partial charge in [-0.2, -0.15) is 4.98 Å². The number of hydrogen-bond donors (Lipinski definition) is 2. The van der Waals surface area contributed by atoms with Crippen molar-refractivity contribution in [3.63, 3.8) is 0 Å². The van der Waals surface area contributed by atoms with E-state index in [2.05, 4.69) is 25.8 Å². The van der Waals surface area contributed by atoms with E-state index < -0.39 is 0 Å². The Balaban J connectivity index is 1.80. The molecular weight excluding hydrogens is 338 g/mol. The summed E-state index contributed by atoms with van der Waals surface area (Å²) in [6, 6.07) is 7.74. The molecule has 1 aromatic heterocycles. The summed E-state index contributed by atoms with van der Waals surface area (Å²) in [5, 5.41) is 11.3. The van der Waals surface area contributed by atoms with Gasteiger partial charge in [-0.05, 0) is 25.0 Å². The molecule has 2 N–H and O–H groups in total. The Morgan fingerprint density at radius 2 is 2.08 bits per heavy atom. The van der Waals surface area contributed by atoms with Gasteiger partial charge in [-0.15, -0.1) is 0 Å². The van der Waals surface area contributed by atoms with Crippen LogP contribution in [-0.2, 0) is 13.0 Å². The average Bonchev–Trinajstić information content (AvgIpc) is 3.07. The third-order valence-electron chi connectivity index (χ3n) is 3.57. The highest BCUT2D eigenvalue weighted by molar-refractivity contribution is 6.31. The van der Waals surface area contributed by atoms with Crippen molar-refractivity contribution < 1.29 is 4.52 Å². The molecule has 0 bridgehead atoms. The first-order valence-electron chi connectivity index (χ1n) is 8.68. The number of aryl methyl sites for hydroxylation is 1. The number of aromatic nitrogens is 2. The molecule has 0 amide bonds. The van der Waals surface area contributed by atoms with Crippen LogP contribution >= 0.6 is 11.6 Å². The lowest BCUT2D eigenvalue weighted by Crippen LogP contribution is -2.37. The maximum Gasteiger partial charge on any atom is 0.226 e. The van der Waals surface area contributed by atoms with E-state index in [0.29, 0.717) is 12.4 Å². The van der Waals surface area contributed by atoms with Crippen molar-refractivity contribution >= 4 is 17.6 Å². The first kappa shape index (κ1) is 19.2. The standard InChI is InChI=1S/C18H26ClN5O/c1-4-20-18(22-12-14-8-5-6-9-15(14)19)21-11-7-10-16-23-17(13(2)3)24-25-16/h5-6,8-9,13H,4,7,10-12H2,1-3H3,(H2,20,21,22). The molecule has 0 saturated heterocycles. The van der Waals surface area contributed by atoms with Crippen molar-refractivity contribution in [2.24, 2.45) is 4.99 Å². The van der Waals surface area contributed by atoms with Gasteiger partial charge in [0.15, 0.2) is 11.8 Å². The highest BCUT2D eigenvalue weighted by atomic mass is 35.5. The maximum absolute atomic E-state index is 6.17. The molecule has 0 aliphatic carbocycles. The topological polar surface area (TPSA) is 75.3 Å².